The SMILES string of the molecule is CCC(N)c1ccc(-c2ccc(Nc3nc(=O)n(O)c4ncccc34)cc2)cc1. The van der Waals surface area contributed by atoms with Crippen molar-refractivity contribution in [1.29, 1.82) is 0 Å². The van der Waals surface area contributed by atoms with Crippen LogP contribution >= 0.6 is 0 Å². The second-order valence-electron chi connectivity index (χ2n) is 6.77. The van der Waals surface area contributed by atoms with Gasteiger partial charge in [-0.1, -0.05) is 43.3 Å². The molecule has 0 spiro atoms. The van der Waals surface area contributed by atoms with Gasteiger partial charge in [0.25, 0.3) is 0 Å². The van der Waals surface area contributed by atoms with Crippen molar-refractivity contribution in [3.8, 4) is 11.1 Å². The zero-order valence-corrected chi connectivity index (χ0v) is 15.9. The second kappa shape index (κ2) is 7.73. The van der Waals surface area contributed by atoms with Gasteiger partial charge in [0.15, 0.2) is 5.65 Å². The van der Waals surface area contributed by atoms with Crippen LogP contribution in [0.1, 0.15) is 24.9 Å². The minimum absolute atomic E-state index is 0.0572. The van der Waals surface area contributed by atoms with Crippen LogP contribution in [0.15, 0.2) is 71.7 Å². The first-order valence-electron chi connectivity index (χ1n) is 9.37. The average Bonchev–Trinajstić information content (AvgIpc) is 2.77. The van der Waals surface area contributed by atoms with E-state index in [1.807, 2.05) is 24.3 Å². The summed E-state index contributed by atoms with van der Waals surface area (Å²) in [6.07, 6.45) is 2.41. The summed E-state index contributed by atoms with van der Waals surface area (Å²) in [6.45, 7) is 2.07. The van der Waals surface area contributed by atoms with Crippen molar-refractivity contribution >= 4 is 22.5 Å². The molecule has 0 aliphatic rings. The van der Waals surface area contributed by atoms with E-state index in [1.54, 1.807) is 12.1 Å². The molecule has 1 unspecified atom stereocenters. The van der Waals surface area contributed by atoms with Crippen molar-refractivity contribution in [2.45, 2.75) is 19.4 Å². The highest BCUT2D eigenvalue weighted by Crippen LogP contribution is 2.26. The van der Waals surface area contributed by atoms with Crippen molar-refractivity contribution in [2.24, 2.45) is 5.73 Å². The molecule has 0 radical (unpaired) electrons. The van der Waals surface area contributed by atoms with Gasteiger partial charge in [-0.3, -0.25) is 0 Å². The lowest BCUT2D eigenvalue weighted by Gasteiger charge is -2.11. The Kier molecular flexibility index (Phi) is 4.97. The molecule has 0 saturated heterocycles. The number of pyridine rings is 1. The zero-order valence-electron chi connectivity index (χ0n) is 15.9. The van der Waals surface area contributed by atoms with Crippen LogP contribution in [0.5, 0.6) is 0 Å². The summed E-state index contributed by atoms with van der Waals surface area (Å²) >= 11 is 0. The molecular formula is C22H21N5O2. The lowest BCUT2D eigenvalue weighted by molar-refractivity contribution is 0.182. The van der Waals surface area contributed by atoms with E-state index in [2.05, 4.69) is 46.5 Å². The zero-order chi connectivity index (χ0) is 20.4. The summed E-state index contributed by atoms with van der Waals surface area (Å²) in [5.41, 5.74) is 9.49. The molecule has 0 aliphatic carbocycles. The topological polar surface area (TPSA) is 106 Å². The highest BCUT2D eigenvalue weighted by molar-refractivity contribution is 5.88. The lowest BCUT2D eigenvalue weighted by atomic mass is 10.00. The Bertz CT molecular complexity index is 1200. The van der Waals surface area contributed by atoms with Crippen LogP contribution in [0.4, 0.5) is 11.5 Å². The predicted octanol–water partition coefficient (Wildman–Crippen LogP) is 3.85. The number of nitrogens with one attached hydrogen (secondary N) is 1. The fourth-order valence-corrected chi connectivity index (χ4v) is 3.18. The summed E-state index contributed by atoms with van der Waals surface area (Å²) in [7, 11) is 0. The Balaban J connectivity index is 1.60. The van der Waals surface area contributed by atoms with E-state index in [1.165, 1.54) is 6.20 Å². The molecular weight excluding hydrogens is 366 g/mol. The smallest absolute Gasteiger partial charge is 0.384 e. The molecule has 0 saturated carbocycles. The van der Waals surface area contributed by atoms with Crippen LogP contribution in [0.25, 0.3) is 22.2 Å². The van der Waals surface area contributed by atoms with E-state index in [-0.39, 0.29) is 11.7 Å². The molecule has 7 nitrogen and oxygen atoms in total. The van der Waals surface area contributed by atoms with Gasteiger partial charge in [0, 0.05) is 17.9 Å². The molecule has 29 heavy (non-hydrogen) atoms. The van der Waals surface area contributed by atoms with Crippen molar-refractivity contribution in [2.75, 3.05) is 5.32 Å². The van der Waals surface area contributed by atoms with Gasteiger partial charge < -0.3 is 16.3 Å². The van der Waals surface area contributed by atoms with Crippen molar-refractivity contribution in [1.82, 2.24) is 14.7 Å². The third-order valence-corrected chi connectivity index (χ3v) is 4.89. The first kappa shape index (κ1) is 18.6. The molecule has 7 heteroatoms. The van der Waals surface area contributed by atoms with E-state index in [9.17, 15) is 10.0 Å². The fourth-order valence-electron chi connectivity index (χ4n) is 3.18. The standard InChI is InChI=1S/C22H21N5O2/c1-2-19(23)16-7-5-14(6-8-16)15-9-11-17(12-10-15)25-20-18-4-3-13-24-21(18)27(29)22(28)26-20/h3-13,19,29H,2,23H2,1H3,(H,25,26,28). The van der Waals surface area contributed by atoms with Gasteiger partial charge in [-0.25, -0.2) is 9.78 Å². The number of fused-ring (bicyclic) bond motifs is 1. The number of benzene rings is 2. The van der Waals surface area contributed by atoms with Crippen LogP contribution in [0.3, 0.4) is 0 Å². The van der Waals surface area contributed by atoms with Gasteiger partial charge in [-0.05, 0) is 47.4 Å². The monoisotopic (exact) mass is 387 g/mol. The number of aromatic nitrogens is 3. The number of hydrogen-bond donors (Lipinski definition) is 3. The molecule has 2 aromatic carbocycles. The molecule has 1 atom stereocenters. The molecule has 4 N–H and O–H groups in total. The van der Waals surface area contributed by atoms with Gasteiger partial charge in [0.2, 0.25) is 0 Å². The fraction of sp³-hybridized carbons (Fsp3) is 0.136. The van der Waals surface area contributed by atoms with Crippen LogP contribution < -0.4 is 16.7 Å². The molecule has 0 fully saturated rings. The molecule has 4 rings (SSSR count). The summed E-state index contributed by atoms with van der Waals surface area (Å²) in [5.74, 6) is 0.342. The molecule has 4 aromatic rings. The summed E-state index contributed by atoms with van der Waals surface area (Å²) in [5, 5.41) is 13.5. The van der Waals surface area contributed by atoms with Crippen LogP contribution in [0, 0.1) is 0 Å². The highest BCUT2D eigenvalue weighted by Gasteiger charge is 2.11. The van der Waals surface area contributed by atoms with Gasteiger partial charge in [-0.2, -0.15) is 4.98 Å². The number of nitrogens with two attached hydrogens (primary N) is 1. The molecule has 0 amide bonds. The summed E-state index contributed by atoms with van der Waals surface area (Å²) in [4.78, 5) is 19.8. The van der Waals surface area contributed by atoms with E-state index in [0.29, 0.717) is 15.9 Å². The van der Waals surface area contributed by atoms with E-state index < -0.39 is 5.69 Å². The van der Waals surface area contributed by atoms with Gasteiger partial charge in [-0.15, -0.1) is 4.73 Å². The normalized spacial score (nSPS) is 12.1. The Morgan fingerprint density at radius 3 is 2.38 bits per heavy atom. The maximum absolute atomic E-state index is 11.9. The van der Waals surface area contributed by atoms with Gasteiger partial charge in [0.05, 0.1) is 5.39 Å². The minimum Gasteiger partial charge on any atom is -0.422 e. The van der Waals surface area contributed by atoms with Crippen molar-refractivity contribution in [3.05, 3.63) is 82.9 Å². The van der Waals surface area contributed by atoms with Crippen molar-refractivity contribution < 1.29 is 5.21 Å². The number of nitrogens with zero attached hydrogens (tertiary/aromatic N) is 3. The average molecular weight is 387 g/mol. The Morgan fingerprint density at radius 2 is 1.72 bits per heavy atom. The first-order chi connectivity index (χ1) is 14.1. The highest BCUT2D eigenvalue weighted by atomic mass is 16.5. The van der Waals surface area contributed by atoms with E-state index >= 15 is 0 Å². The summed E-state index contributed by atoms with van der Waals surface area (Å²) in [6, 6.07) is 19.6. The second-order valence-corrected chi connectivity index (χ2v) is 6.77. The quantitative estimate of drug-likeness (QED) is 0.449. The Morgan fingerprint density at radius 1 is 1.07 bits per heavy atom. The number of hydrogen-bond acceptors (Lipinski definition) is 6. The van der Waals surface area contributed by atoms with Crippen LogP contribution in [-0.2, 0) is 0 Å². The van der Waals surface area contributed by atoms with E-state index in [4.69, 9.17) is 5.73 Å². The van der Waals surface area contributed by atoms with E-state index in [0.717, 1.165) is 28.8 Å². The Hall–Kier alpha value is -3.71. The van der Waals surface area contributed by atoms with Crippen LogP contribution in [0.2, 0.25) is 0 Å². The number of anilines is 2. The first-order valence-corrected chi connectivity index (χ1v) is 9.37. The lowest BCUT2D eigenvalue weighted by Crippen LogP contribution is -2.23. The number of rotatable bonds is 5. The maximum atomic E-state index is 11.9. The molecule has 2 heterocycles. The molecule has 146 valence electrons. The summed E-state index contributed by atoms with van der Waals surface area (Å²) < 4.78 is 0.442. The maximum Gasteiger partial charge on any atom is 0.384 e. The molecule has 0 bridgehead atoms. The minimum atomic E-state index is -0.791. The third-order valence-electron chi connectivity index (χ3n) is 4.89. The van der Waals surface area contributed by atoms with Gasteiger partial charge >= 0.3 is 5.69 Å². The molecule has 2 aromatic heterocycles. The van der Waals surface area contributed by atoms with Gasteiger partial charge in [0.1, 0.15) is 5.82 Å². The molecule has 0 aliphatic heterocycles. The van der Waals surface area contributed by atoms with Crippen LogP contribution in [-0.4, -0.2) is 19.9 Å². The third kappa shape index (κ3) is 3.68. The largest absolute Gasteiger partial charge is 0.422 e. The Labute approximate surface area is 167 Å². The predicted molar refractivity (Wildman–Crippen MR) is 113 cm³/mol. The van der Waals surface area contributed by atoms with Crippen molar-refractivity contribution in [3.63, 3.8) is 0 Å².